The lowest BCUT2D eigenvalue weighted by atomic mass is 10.1. The van der Waals surface area contributed by atoms with E-state index >= 15 is 0 Å². The van der Waals surface area contributed by atoms with E-state index < -0.39 is 10.8 Å². The fourth-order valence-corrected chi connectivity index (χ4v) is 2.16. The predicted octanol–water partition coefficient (Wildman–Crippen LogP) is 2.04. The number of rotatable bonds is 6. The standard InChI is InChI=1S/C16H13N5O4/c22-16(19-25-9-12-4-2-1-3-5-12)13-6-7-14(15(8-13)21(23)24)20-11-17-10-18-20/h1-8,10-11H,9H2,(H,19,22). The summed E-state index contributed by atoms with van der Waals surface area (Å²) in [5.41, 5.74) is 3.21. The van der Waals surface area contributed by atoms with Crippen molar-refractivity contribution in [3.8, 4) is 5.69 Å². The van der Waals surface area contributed by atoms with Gasteiger partial charge in [-0.3, -0.25) is 19.7 Å². The monoisotopic (exact) mass is 339 g/mol. The summed E-state index contributed by atoms with van der Waals surface area (Å²) in [6.45, 7) is 0.186. The molecule has 0 saturated carbocycles. The second kappa shape index (κ2) is 7.32. The molecule has 1 aromatic heterocycles. The van der Waals surface area contributed by atoms with Crippen LogP contribution in [0.3, 0.4) is 0 Å². The van der Waals surface area contributed by atoms with Gasteiger partial charge < -0.3 is 0 Å². The molecule has 0 atom stereocenters. The quantitative estimate of drug-likeness (QED) is 0.543. The van der Waals surface area contributed by atoms with Gasteiger partial charge in [-0.1, -0.05) is 30.3 Å². The van der Waals surface area contributed by atoms with Gasteiger partial charge in [0.2, 0.25) is 0 Å². The molecule has 0 spiro atoms. The Morgan fingerprint density at radius 1 is 1.24 bits per heavy atom. The minimum atomic E-state index is -0.585. The van der Waals surface area contributed by atoms with Crippen LogP contribution in [-0.4, -0.2) is 25.6 Å². The highest BCUT2D eigenvalue weighted by Crippen LogP contribution is 2.23. The van der Waals surface area contributed by atoms with E-state index in [1.54, 1.807) is 0 Å². The molecular weight excluding hydrogens is 326 g/mol. The second-order valence-corrected chi connectivity index (χ2v) is 5.01. The number of hydrogen-bond acceptors (Lipinski definition) is 6. The van der Waals surface area contributed by atoms with E-state index in [-0.39, 0.29) is 23.5 Å². The fraction of sp³-hybridized carbons (Fsp3) is 0.0625. The number of carbonyl (C=O) groups is 1. The topological polar surface area (TPSA) is 112 Å². The molecule has 9 nitrogen and oxygen atoms in total. The molecule has 0 saturated heterocycles. The zero-order valence-corrected chi connectivity index (χ0v) is 12.9. The van der Waals surface area contributed by atoms with E-state index in [1.165, 1.54) is 29.5 Å². The van der Waals surface area contributed by atoms with Gasteiger partial charge in [0.1, 0.15) is 18.3 Å². The summed E-state index contributed by atoms with van der Waals surface area (Å²) in [6.07, 6.45) is 2.60. The Balaban J connectivity index is 1.72. The number of nitro groups is 1. The molecule has 1 heterocycles. The number of hydroxylamine groups is 1. The van der Waals surface area contributed by atoms with Gasteiger partial charge in [0.25, 0.3) is 11.6 Å². The lowest BCUT2D eigenvalue weighted by Crippen LogP contribution is -2.23. The Morgan fingerprint density at radius 2 is 2.04 bits per heavy atom. The fourth-order valence-electron chi connectivity index (χ4n) is 2.16. The highest BCUT2D eigenvalue weighted by atomic mass is 16.7. The normalized spacial score (nSPS) is 10.4. The molecule has 0 aliphatic carbocycles. The summed E-state index contributed by atoms with van der Waals surface area (Å²) < 4.78 is 1.26. The van der Waals surface area contributed by atoms with Crippen molar-refractivity contribution in [3.05, 3.63) is 82.4 Å². The minimum Gasteiger partial charge on any atom is -0.269 e. The van der Waals surface area contributed by atoms with Gasteiger partial charge >= 0.3 is 0 Å². The maximum absolute atomic E-state index is 12.1. The van der Waals surface area contributed by atoms with Crippen molar-refractivity contribution in [2.75, 3.05) is 0 Å². The van der Waals surface area contributed by atoms with Gasteiger partial charge in [0, 0.05) is 11.6 Å². The van der Waals surface area contributed by atoms with Crippen molar-refractivity contribution in [3.63, 3.8) is 0 Å². The first-order valence-corrected chi connectivity index (χ1v) is 7.24. The maximum Gasteiger partial charge on any atom is 0.295 e. The van der Waals surface area contributed by atoms with Crippen molar-refractivity contribution >= 4 is 11.6 Å². The van der Waals surface area contributed by atoms with Gasteiger partial charge in [-0.2, -0.15) is 5.10 Å². The van der Waals surface area contributed by atoms with E-state index in [2.05, 4.69) is 15.6 Å². The number of nitrogens with zero attached hydrogens (tertiary/aromatic N) is 4. The highest BCUT2D eigenvalue weighted by Gasteiger charge is 2.19. The van der Waals surface area contributed by atoms with Gasteiger partial charge in [-0.15, -0.1) is 0 Å². The average Bonchev–Trinajstić information content (AvgIpc) is 3.16. The van der Waals surface area contributed by atoms with Gasteiger partial charge in [0.15, 0.2) is 0 Å². The van der Waals surface area contributed by atoms with Crippen LogP contribution in [0.25, 0.3) is 5.69 Å². The summed E-state index contributed by atoms with van der Waals surface area (Å²) in [4.78, 5) is 31.7. The van der Waals surface area contributed by atoms with Crippen LogP contribution in [0.2, 0.25) is 0 Å². The van der Waals surface area contributed by atoms with Crippen LogP contribution in [0.4, 0.5) is 5.69 Å². The summed E-state index contributed by atoms with van der Waals surface area (Å²) in [5, 5.41) is 15.1. The zero-order chi connectivity index (χ0) is 17.6. The molecule has 9 heteroatoms. The molecule has 0 unspecified atom stereocenters. The molecule has 0 radical (unpaired) electrons. The Labute approximate surface area is 142 Å². The third-order valence-electron chi connectivity index (χ3n) is 3.35. The maximum atomic E-state index is 12.1. The van der Waals surface area contributed by atoms with Crippen LogP contribution >= 0.6 is 0 Å². The van der Waals surface area contributed by atoms with Gasteiger partial charge in [0.05, 0.1) is 11.5 Å². The molecule has 0 aliphatic rings. The summed E-state index contributed by atoms with van der Waals surface area (Å²) in [7, 11) is 0. The summed E-state index contributed by atoms with van der Waals surface area (Å²) >= 11 is 0. The van der Waals surface area contributed by atoms with Crippen LogP contribution < -0.4 is 5.48 Å². The van der Waals surface area contributed by atoms with Crippen LogP contribution in [0, 0.1) is 10.1 Å². The van der Waals surface area contributed by atoms with E-state index in [4.69, 9.17) is 4.84 Å². The molecular formula is C16H13N5O4. The van der Waals surface area contributed by atoms with Crippen molar-refractivity contribution < 1.29 is 14.6 Å². The molecule has 25 heavy (non-hydrogen) atoms. The highest BCUT2D eigenvalue weighted by molar-refractivity contribution is 5.94. The first-order valence-electron chi connectivity index (χ1n) is 7.24. The first-order chi connectivity index (χ1) is 12.1. The Morgan fingerprint density at radius 3 is 2.72 bits per heavy atom. The largest absolute Gasteiger partial charge is 0.295 e. The van der Waals surface area contributed by atoms with Crippen molar-refractivity contribution in [1.82, 2.24) is 20.2 Å². The zero-order valence-electron chi connectivity index (χ0n) is 12.9. The molecule has 3 aromatic rings. The summed E-state index contributed by atoms with van der Waals surface area (Å²) in [5.74, 6) is -0.579. The number of aromatic nitrogens is 3. The number of hydrogen-bond donors (Lipinski definition) is 1. The van der Waals surface area contributed by atoms with Gasteiger partial charge in [-0.25, -0.2) is 15.1 Å². The Bertz CT molecular complexity index is 881. The Kier molecular flexibility index (Phi) is 4.77. The molecule has 0 bridgehead atoms. The molecule has 0 aliphatic heterocycles. The molecule has 2 aromatic carbocycles. The molecule has 126 valence electrons. The number of benzene rings is 2. The lowest BCUT2D eigenvalue weighted by Gasteiger charge is -2.07. The lowest BCUT2D eigenvalue weighted by molar-refractivity contribution is -0.384. The summed E-state index contributed by atoms with van der Waals surface area (Å²) in [6, 6.07) is 13.3. The third kappa shape index (κ3) is 3.85. The van der Waals surface area contributed by atoms with Crippen molar-refractivity contribution in [2.24, 2.45) is 0 Å². The van der Waals surface area contributed by atoms with Crippen molar-refractivity contribution in [1.29, 1.82) is 0 Å². The minimum absolute atomic E-state index is 0.101. The number of carbonyl (C=O) groups excluding carboxylic acids is 1. The predicted molar refractivity (Wildman–Crippen MR) is 86.7 cm³/mol. The third-order valence-corrected chi connectivity index (χ3v) is 3.35. The van der Waals surface area contributed by atoms with Crippen LogP contribution in [0.15, 0.2) is 61.2 Å². The Hall–Kier alpha value is -3.59. The second-order valence-electron chi connectivity index (χ2n) is 5.01. The van der Waals surface area contributed by atoms with Crippen molar-refractivity contribution in [2.45, 2.75) is 6.61 Å². The average molecular weight is 339 g/mol. The van der Waals surface area contributed by atoms with E-state index in [1.807, 2.05) is 30.3 Å². The number of amides is 1. The van der Waals surface area contributed by atoms with Crippen LogP contribution in [0.5, 0.6) is 0 Å². The van der Waals surface area contributed by atoms with Crippen LogP contribution in [0.1, 0.15) is 15.9 Å². The first kappa shape index (κ1) is 16.3. The smallest absolute Gasteiger partial charge is 0.269 e. The van der Waals surface area contributed by atoms with Gasteiger partial charge in [-0.05, 0) is 17.7 Å². The van der Waals surface area contributed by atoms with E-state index in [0.29, 0.717) is 0 Å². The van der Waals surface area contributed by atoms with E-state index in [0.717, 1.165) is 11.6 Å². The van der Waals surface area contributed by atoms with Crippen LogP contribution in [-0.2, 0) is 11.4 Å². The molecule has 1 amide bonds. The number of nitro benzene ring substituents is 1. The SMILES string of the molecule is O=C(NOCc1ccccc1)c1ccc(-n2cncn2)c([N+](=O)[O-])c1. The number of nitrogens with one attached hydrogen (secondary N) is 1. The molecule has 0 fully saturated rings. The van der Waals surface area contributed by atoms with E-state index in [9.17, 15) is 14.9 Å². The molecule has 3 rings (SSSR count). The molecule has 1 N–H and O–H groups in total.